The van der Waals surface area contributed by atoms with Gasteiger partial charge in [0.15, 0.2) is 0 Å². The molecule has 3 nitrogen and oxygen atoms in total. The second-order valence-electron chi connectivity index (χ2n) is 5.52. The molecule has 0 spiro atoms. The topological polar surface area (TPSA) is 53.1 Å². The zero-order chi connectivity index (χ0) is 12.5. The molecule has 18 heavy (non-hydrogen) atoms. The van der Waals surface area contributed by atoms with Crippen molar-refractivity contribution in [2.24, 2.45) is 17.6 Å². The Labute approximate surface area is 108 Å². The number of nitriles is 1. The molecule has 1 aliphatic carbocycles. The number of fused-ring (bicyclic) bond motifs is 1. The predicted molar refractivity (Wildman–Crippen MR) is 72.1 cm³/mol. The van der Waals surface area contributed by atoms with Gasteiger partial charge in [-0.1, -0.05) is 12.5 Å². The molecule has 2 fully saturated rings. The van der Waals surface area contributed by atoms with Crippen molar-refractivity contribution in [1.82, 2.24) is 0 Å². The summed E-state index contributed by atoms with van der Waals surface area (Å²) in [4.78, 5) is 2.40. The molecule has 2 unspecified atom stereocenters. The van der Waals surface area contributed by atoms with Gasteiger partial charge in [0.1, 0.15) is 6.07 Å². The van der Waals surface area contributed by atoms with E-state index in [4.69, 9.17) is 5.73 Å². The van der Waals surface area contributed by atoms with Crippen molar-refractivity contribution in [1.29, 1.82) is 5.26 Å². The van der Waals surface area contributed by atoms with E-state index < -0.39 is 0 Å². The first-order valence-corrected chi connectivity index (χ1v) is 6.80. The van der Waals surface area contributed by atoms with Crippen molar-refractivity contribution in [3.8, 4) is 6.07 Å². The highest BCUT2D eigenvalue weighted by molar-refractivity contribution is 5.61. The van der Waals surface area contributed by atoms with E-state index in [1.54, 1.807) is 0 Å². The molecule has 0 radical (unpaired) electrons. The van der Waals surface area contributed by atoms with E-state index in [2.05, 4.69) is 17.0 Å². The monoisotopic (exact) mass is 241 g/mol. The Morgan fingerprint density at radius 3 is 2.61 bits per heavy atom. The fourth-order valence-electron chi connectivity index (χ4n) is 3.51. The molecule has 1 aromatic rings. The number of benzene rings is 1. The zero-order valence-corrected chi connectivity index (χ0v) is 10.6. The van der Waals surface area contributed by atoms with Gasteiger partial charge in [0.25, 0.3) is 0 Å². The van der Waals surface area contributed by atoms with Crippen LogP contribution in [-0.4, -0.2) is 13.1 Å². The van der Waals surface area contributed by atoms with Crippen LogP contribution in [-0.2, 0) is 6.54 Å². The van der Waals surface area contributed by atoms with Crippen molar-refractivity contribution in [2.45, 2.75) is 25.8 Å². The third-order valence-electron chi connectivity index (χ3n) is 4.48. The smallest absolute Gasteiger partial charge is 0.101 e. The van der Waals surface area contributed by atoms with Crippen molar-refractivity contribution in [2.75, 3.05) is 18.0 Å². The molecule has 0 amide bonds. The fourth-order valence-corrected chi connectivity index (χ4v) is 3.51. The second-order valence-corrected chi connectivity index (χ2v) is 5.52. The van der Waals surface area contributed by atoms with Crippen molar-refractivity contribution >= 4 is 5.69 Å². The summed E-state index contributed by atoms with van der Waals surface area (Å²) < 4.78 is 0. The van der Waals surface area contributed by atoms with Crippen LogP contribution in [0.25, 0.3) is 0 Å². The number of nitrogens with two attached hydrogens (primary N) is 1. The molecule has 3 heteroatoms. The van der Waals surface area contributed by atoms with Gasteiger partial charge in [-0.15, -0.1) is 0 Å². The predicted octanol–water partition coefficient (Wildman–Crippen LogP) is 2.25. The van der Waals surface area contributed by atoms with Crippen LogP contribution >= 0.6 is 0 Å². The van der Waals surface area contributed by atoms with Crippen LogP contribution < -0.4 is 10.6 Å². The standard InChI is InChI=1S/C15H19N3/c16-7-11-4-5-15(14(6-11)8-17)18-9-12-2-1-3-13(12)10-18/h4-6,12-13H,1-3,7,9-10,16H2. The van der Waals surface area contributed by atoms with Crippen LogP contribution in [0, 0.1) is 23.2 Å². The van der Waals surface area contributed by atoms with Crippen molar-refractivity contribution < 1.29 is 0 Å². The van der Waals surface area contributed by atoms with Gasteiger partial charge in [-0.25, -0.2) is 0 Å². The molecule has 2 atom stereocenters. The molecule has 3 rings (SSSR count). The quantitative estimate of drug-likeness (QED) is 0.864. The Morgan fingerprint density at radius 1 is 1.28 bits per heavy atom. The molecule has 0 aromatic heterocycles. The maximum absolute atomic E-state index is 9.28. The maximum atomic E-state index is 9.28. The third kappa shape index (κ3) is 1.87. The minimum absolute atomic E-state index is 0.500. The highest BCUT2D eigenvalue weighted by atomic mass is 15.2. The molecule has 1 saturated heterocycles. The van der Waals surface area contributed by atoms with E-state index in [0.29, 0.717) is 6.54 Å². The molecule has 2 N–H and O–H groups in total. The third-order valence-corrected chi connectivity index (χ3v) is 4.48. The van der Waals surface area contributed by atoms with Crippen LogP contribution in [0.15, 0.2) is 18.2 Å². The van der Waals surface area contributed by atoms with Crippen LogP contribution in [0.1, 0.15) is 30.4 Å². The molecule has 0 bridgehead atoms. The molecule has 1 aliphatic heterocycles. The van der Waals surface area contributed by atoms with Gasteiger partial charge in [0, 0.05) is 19.6 Å². The average Bonchev–Trinajstić information content (AvgIpc) is 2.98. The second kappa shape index (κ2) is 4.62. The van der Waals surface area contributed by atoms with Crippen LogP contribution in [0.2, 0.25) is 0 Å². The van der Waals surface area contributed by atoms with Crippen LogP contribution in [0.3, 0.4) is 0 Å². The minimum Gasteiger partial charge on any atom is -0.370 e. The number of rotatable bonds is 2. The summed E-state index contributed by atoms with van der Waals surface area (Å²) in [5.41, 5.74) is 8.54. The molecular formula is C15H19N3. The molecule has 2 aliphatic rings. The summed E-state index contributed by atoms with van der Waals surface area (Å²) in [6, 6.07) is 8.37. The lowest BCUT2D eigenvalue weighted by Gasteiger charge is -2.21. The van der Waals surface area contributed by atoms with Crippen LogP contribution in [0.4, 0.5) is 5.69 Å². The zero-order valence-electron chi connectivity index (χ0n) is 10.6. The van der Waals surface area contributed by atoms with Crippen LogP contribution in [0.5, 0.6) is 0 Å². The highest BCUT2D eigenvalue weighted by Gasteiger charge is 2.36. The average molecular weight is 241 g/mol. The van der Waals surface area contributed by atoms with Crippen molar-refractivity contribution in [3.05, 3.63) is 29.3 Å². The number of anilines is 1. The lowest BCUT2D eigenvalue weighted by atomic mass is 10.0. The number of hydrogen-bond donors (Lipinski definition) is 1. The lowest BCUT2D eigenvalue weighted by molar-refractivity contribution is 0.494. The minimum atomic E-state index is 0.500. The maximum Gasteiger partial charge on any atom is 0.101 e. The van der Waals surface area contributed by atoms with E-state index >= 15 is 0 Å². The van der Waals surface area contributed by atoms with Crippen molar-refractivity contribution in [3.63, 3.8) is 0 Å². The molecular weight excluding hydrogens is 222 g/mol. The summed E-state index contributed by atoms with van der Waals surface area (Å²) in [6.45, 7) is 2.75. The van der Waals surface area contributed by atoms with Gasteiger partial charge in [0.2, 0.25) is 0 Å². The molecule has 1 saturated carbocycles. The number of nitrogens with zero attached hydrogens (tertiary/aromatic N) is 2. The van der Waals surface area contributed by atoms with Gasteiger partial charge >= 0.3 is 0 Å². The van der Waals surface area contributed by atoms with Gasteiger partial charge in [0.05, 0.1) is 11.3 Å². The summed E-state index contributed by atoms with van der Waals surface area (Å²) in [6.07, 6.45) is 4.12. The summed E-state index contributed by atoms with van der Waals surface area (Å²) in [5.74, 6) is 1.71. The highest BCUT2D eigenvalue weighted by Crippen LogP contribution is 2.40. The normalized spacial score (nSPS) is 26.1. The lowest BCUT2D eigenvalue weighted by Crippen LogP contribution is -2.21. The summed E-state index contributed by atoms with van der Waals surface area (Å²) in [7, 11) is 0. The summed E-state index contributed by atoms with van der Waals surface area (Å²) >= 11 is 0. The Balaban J connectivity index is 1.87. The Bertz CT molecular complexity index is 477. The van der Waals surface area contributed by atoms with E-state index in [-0.39, 0.29) is 0 Å². The van der Waals surface area contributed by atoms with Gasteiger partial charge in [-0.3, -0.25) is 0 Å². The fraction of sp³-hybridized carbons (Fsp3) is 0.533. The molecule has 1 heterocycles. The molecule has 1 aromatic carbocycles. The van der Waals surface area contributed by atoms with Gasteiger partial charge in [-0.2, -0.15) is 5.26 Å². The first-order valence-electron chi connectivity index (χ1n) is 6.80. The van der Waals surface area contributed by atoms with E-state index in [0.717, 1.165) is 41.7 Å². The van der Waals surface area contributed by atoms with Gasteiger partial charge < -0.3 is 10.6 Å². The Hall–Kier alpha value is -1.53. The Kier molecular flexibility index (Phi) is 2.97. The number of hydrogen-bond acceptors (Lipinski definition) is 3. The van der Waals surface area contributed by atoms with Gasteiger partial charge in [-0.05, 0) is 42.4 Å². The van der Waals surface area contributed by atoms with E-state index in [1.807, 2.05) is 12.1 Å². The first kappa shape index (κ1) is 11.6. The van der Waals surface area contributed by atoms with E-state index in [1.165, 1.54) is 19.3 Å². The molecule has 94 valence electrons. The SMILES string of the molecule is N#Cc1cc(CN)ccc1N1CC2CCCC2C1. The van der Waals surface area contributed by atoms with E-state index in [9.17, 15) is 5.26 Å². The summed E-state index contributed by atoms with van der Waals surface area (Å²) in [5, 5.41) is 9.28. The largest absolute Gasteiger partial charge is 0.370 e. The Morgan fingerprint density at radius 2 is 2.00 bits per heavy atom. The first-order chi connectivity index (χ1) is 8.81.